The third kappa shape index (κ3) is 6.25. The summed E-state index contributed by atoms with van der Waals surface area (Å²) < 4.78 is 32.6. The lowest BCUT2D eigenvalue weighted by Crippen LogP contribution is -2.37. The van der Waals surface area contributed by atoms with Crippen LogP contribution in [0.3, 0.4) is 0 Å². The molecule has 2 aliphatic carbocycles. The SMILES string of the molecule is CNC1CCc2ccc(OCCNS(=O)(=O)CC3CC3)cc2C1Cc1cc(C)cc(Cl)c1. The van der Waals surface area contributed by atoms with E-state index in [1.54, 1.807) is 0 Å². The Kier molecular flexibility index (Phi) is 7.45. The fourth-order valence-corrected chi connectivity index (χ4v) is 6.54. The van der Waals surface area contributed by atoms with E-state index in [2.05, 4.69) is 41.2 Å². The van der Waals surface area contributed by atoms with Crippen LogP contribution in [0.2, 0.25) is 5.02 Å². The molecular formula is C25H33ClN2O3S. The smallest absolute Gasteiger partial charge is 0.211 e. The summed E-state index contributed by atoms with van der Waals surface area (Å²) >= 11 is 6.31. The zero-order chi connectivity index (χ0) is 22.7. The maximum atomic E-state index is 12.0. The number of rotatable bonds is 10. The van der Waals surface area contributed by atoms with Crippen molar-refractivity contribution >= 4 is 21.6 Å². The molecule has 2 aromatic carbocycles. The molecular weight excluding hydrogens is 444 g/mol. The Labute approximate surface area is 196 Å². The van der Waals surface area contributed by atoms with Gasteiger partial charge in [0.05, 0.1) is 5.75 Å². The van der Waals surface area contributed by atoms with E-state index in [4.69, 9.17) is 16.3 Å². The number of fused-ring (bicyclic) bond motifs is 1. The monoisotopic (exact) mass is 476 g/mol. The quantitative estimate of drug-likeness (QED) is 0.504. The maximum Gasteiger partial charge on any atom is 0.211 e. The molecule has 32 heavy (non-hydrogen) atoms. The number of aryl methyl sites for hydroxylation is 2. The van der Waals surface area contributed by atoms with Gasteiger partial charge in [-0.1, -0.05) is 23.7 Å². The van der Waals surface area contributed by atoms with Crippen LogP contribution in [0.15, 0.2) is 36.4 Å². The molecule has 2 N–H and O–H groups in total. The van der Waals surface area contributed by atoms with Gasteiger partial charge in [0.1, 0.15) is 12.4 Å². The van der Waals surface area contributed by atoms with Gasteiger partial charge in [0.2, 0.25) is 10.0 Å². The van der Waals surface area contributed by atoms with Crippen LogP contribution < -0.4 is 14.8 Å². The van der Waals surface area contributed by atoms with Crippen LogP contribution in [0.5, 0.6) is 5.75 Å². The van der Waals surface area contributed by atoms with Gasteiger partial charge in [0, 0.05) is 23.5 Å². The summed E-state index contributed by atoms with van der Waals surface area (Å²) in [7, 11) is -1.17. The lowest BCUT2D eigenvalue weighted by atomic mass is 9.76. The van der Waals surface area contributed by atoms with Crippen molar-refractivity contribution in [2.45, 2.75) is 51.0 Å². The van der Waals surface area contributed by atoms with E-state index in [-0.39, 0.29) is 12.3 Å². The second kappa shape index (κ2) is 10.1. The highest BCUT2D eigenvalue weighted by molar-refractivity contribution is 7.89. The minimum atomic E-state index is -3.20. The molecule has 2 aliphatic rings. The number of ether oxygens (including phenoxy) is 1. The molecule has 0 saturated heterocycles. The molecule has 174 valence electrons. The summed E-state index contributed by atoms with van der Waals surface area (Å²) in [5, 5.41) is 4.28. The van der Waals surface area contributed by atoms with Crippen molar-refractivity contribution in [3.05, 3.63) is 63.7 Å². The molecule has 5 nitrogen and oxygen atoms in total. The minimum absolute atomic E-state index is 0.238. The minimum Gasteiger partial charge on any atom is -0.492 e. The molecule has 0 radical (unpaired) electrons. The molecule has 2 unspecified atom stereocenters. The normalized spacial score (nSPS) is 20.7. The molecule has 0 bridgehead atoms. The first-order valence-electron chi connectivity index (χ1n) is 11.5. The second-order valence-corrected chi connectivity index (χ2v) is 11.5. The van der Waals surface area contributed by atoms with Gasteiger partial charge in [0.15, 0.2) is 0 Å². The van der Waals surface area contributed by atoms with Crippen LogP contribution in [0.4, 0.5) is 0 Å². The summed E-state index contributed by atoms with van der Waals surface area (Å²) in [4.78, 5) is 0. The van der Waals surface area contributed by atoms with Gasteiger partial charge < -0.3 is 10.1 Å². The molecule has 2 aromatic rings. The zero-order valence-electron chi connectivity index (χ0n) is 18.9. The van der Waals surface area contributed by atoms with Crippen molar-refractivity contribution in [2.75, 3.05) is 26.0 Å². The van der Waals surface area contributed by atoms with Crippen LogP contribution in [0, 0.1) is 12.8 Å². The van der Waals surface area contributed by atoms with Gasteiger partial charge in [0.25, 0.3) is 0 Å². The van der Waals surface area contributed by atoms with Gasteiger partial charge in [-0.3, -0.25) is 0 Å². The van der Waals surface area contributed by atoms with Gasteiger partial charge in [-0.15, -0.1) is 0 Å². The average Bonchev–Trinajstić information content (AvgIpc) is 3.54. The number of nitrogens with one attached hydrogen (secondary N) is 2. The zero-order valence-corrected chi connectivity index (χ0v) is 20.4. The molecule has 0 amide bonds. The summed E-state index contributed by atoms with van der Waals surface area (Å²) in [5.41, 5.74) is 5.08. The van der Waals surface area contributed by atoms with Crippen LogP contribution in [-0.4, -0.2) is 40.4 Å². The Morgan fingerprint density at radius 2 is 1.94 bits per heavy atom. The van der Waals surface area contributed by atoms with E-state index >= 15 is 0 Å². The Balaban J connectivity index is 1.44. The summed E-state index contributed by atoms with van der Waals surface area (Å²) in [6.45, 7) is 2.68. The van der Waals surface area contributed by atoms with Crippen LogP contribution in [-0.2, 0) is 22.9 Å². The molecule has 0 heterocycles. The largest absolute Gasteiger partial charge is 0.492 e. The molecule has 1 saturated carbocycles. The van der Waals surface area contributed by atoms with Crippen molar-refractivity contribution in [3.8, 4) is 5.75 Å². The number of sulfonamides is 1. The lowest BCUT2D eigenvalue weighted by molar-refractivity contribution is 0.320. The third-order valence-electron chi connectivity index (χ3n) is 6.50. The van der Waals surface area contributed by atoms with Crippen molar-refractivity contribution < 1.29 is 13.2 Å². The first-order valence-corrected chi connectivity index (χ1v) is 13.5. The highest BCUT2D eigenvalue weighted by atomic mass is 35.5. The predicted molar refractivity (Wildman–Crippen MR) is 130 cm³/mol. The summed E-state index contributed by atoms with van der Waals surface area (Å²) in [6.07, 6.45) is 5.08. The number of benzene rings is 2. The van der Waals surface area contributed by atoms with E-state index < -0.39 is 10.0 Å². The molecule has 4 rings (SSSR count). The van der Waals surface area contributed by atoms with E-state index in [0.29, 0.717) is 24.5 Å². The van der Waals surface area contributed by atoms with E-state index in [1.165, 1.54) is 22.3 Å². The molecule has 0 aromatic heterocycles. The molecule has 0 aliphatic heterocycles. The topological polar surface area (TPSA) is 67.4 Å². The van der Waals surface area contributed by atoms with Gasteiger partial charge in [-0.05, 0) is 98.5 Å². The Hall–Kier alpha value is -1.60. The van der Waals surface area contributed by atoms with Crippen LogP contribution >= 0.6 is 11.6 Å². The van der Waals surface area contributed by atoms with Crippen LogP contribution in [0.25, 0.3) is 0 Å². The molecule has 2 atom stereocenters. The number of halogens is 1. The number of hydrogen-bond acceptors (Lipinski definition) is 4. The molecule has 7 heteroatoms. The maximum absolute atomic E-state index is 12.0. The standard InChI is InChI=1S/C25H33ClN2O3S/c1-17-11-19(13-21(26)12-17)14-24-23-15-22(7-5-20(23)6-8-25(24)27-2)31-10-9-28-32(29,30)16-18-3-4-18/h5,7,11-13,15,18,24-25,27-28H,3-4,6,8-10,14,16H2,1-2H3. The Morgan fingerprint density at radius 3 is 2.66 bits per heavy atom. The van der Waals surface area contributed by atoms with E-state index in [0.717, 1.165) is 42.9 Å². The predicted octanol–water partition coefficient (Wildman–Crippen LogP) is 4.22. The molecule has 0 spiro atoms. The highest BCUT2D eigenvalue weighted by Crippen LogP contribution is 2.37. The second-order valence-electron chi connectivity index (χ2n) is 9.21. The number of hydrogen-bond donors (Lipinski definition) is 2. The number of likely N-dealkylation sites (N-methyl/N-ethyl adjacent to an activating group) is 1. The first-order chi connectivity index (χ1) is 15.3. The Morgan fingerprint density at radius 1 is 1.12 bits per heavy atom. The third-order valence-corrected chi connectivity index (χ3v) is 8.27. The van der Waals surface area contributed by atoms with E-state index in [9.17, 15) is 8.42 Å². The summed E-state index contributed by atoms with van der Waals surface area (Å²) in [5.74, 6) is 1.69. The van der Waals surface area contributed by atoms with Crippen LogP contribution in [0.1, 0.15) is 47.4 Å². The fourth-order valence-electron chi connectivity index (χ4n) is 4.77. The van der Waals surface area contributed by atoms with Crippen molar-refractivity contribution in [3.63, 3.8) is 0 Å². The summed E-state index contributed by atoms with van der Waals surface area (Å²) in [6, 6.07) is 12.9. The fraction of sp³-hybridized carbons (Fsp3) is 0.520. The van der Waals surface area contributed by atoms with Gasteiger partial charge in [-0.25, -0.2) is 13.1 Å². The Bertz CT molecular complexity index is 1030. The van der Waals surface area contributed by atoms with Crippen molar-refractivity contribution in [2.24, 2.45) is 5.92 Å². The highest BCUT2D eigenvalue weighted by Gasteiger charge is 2.30. The molecule has 1 fully saturated rings. The van der Waals surface area contributed by atoms with Crippen molar-refractivity contribution in [1.29, 1.82) is 0 Å². The van der Waals surface area contributed by atoms with Gasteiger partial charge >= 0.3 is 0 Å². The van der Waals surface area contributed by atoms with E-state index in [1.807, 2.05) is 19.2 Å². The first kappa shape index (κ1) is 23.6. The average molecular weight is 477 g/mol. The van der Waals surface area contributed by atoms with Gasteiger partial charge in [-0.2, -0.15) is 0 Å². The lowest BCUT2D eigenvalue weighted by Gasteiger charge is -2.34. The van der Waals surface area contributed by atoms with Crippen molar-refractivity contribution in [1.82, 2.24) is 10.0 Å².